The van der Waals surface area contributed by atoms with Gasteiger partial charge in [0.1, 0.15) is 15.6 Å². The molecule has 1 aliphatic heterocycles. The highest BCUT2D eigenvalue weighted by molar-refractivity contribution is 7.91. The Kier molecular flexibility index (Phi) is 5.68. The zero-order chi connectivity index (χ0) is 17.0. The Hall–Kier alpha value is -1.56. The molecule has 1 fully saturated rings. The fourth-order valence-corrected chi connectivity index (χ4v) is 3.79. The number of carbonyl (C=O) groups is 1. The number of carbonyl (C=O) groups excluding carboxylic acids is 1. The zero-order valence-electron chi connectivity index (χ0n) is 14.0. The van der Waals surface area contributed by atoms with Crippen molar-refractivity contribution in [1.29, 1.82) is 0 Å². The summed E-state index contributed by atoms with van der Waals surface area (Å²) in [5, 5.41) is -0.323. The number of hydrogen-bond acceptors (Lipinski definition) is 4. The molecule has 0 spiro atoms. The SMILES string of the molecule is CC(C)c1ccc(OCC(=O)N2CCC(S(C)(=O)=O)CC2)cc1. The first-order valence-electron chi connectivity index (χ1n) is 7.97. The number of amides is 1. The van der Waals surface area contributed by atoms with Crippen LogP contribution in [0.25, 0.3) is 0 Å². The van der Waals surface area contributed by atoms with E-state index in [9.17, 15) is 13.2 Å². The summed E-state index contributed by atoms with van der Waals surface area (Å²) >= 11 is 0. The first-order valence-corrected chi connectivity index (χ1v) is 9.92. The molecule has 2 rings (SSSR count). The van der Waals surface area contributed by atoms with Crippen LogP contribution in [-0.4, -0.2) is 50.4 Å². The number of ether oxygens (including phenoxy) is 1. The van der Waals surface area contributed by atoms with Crippen molar-refractivity contribution in [1.82, 2.24) is 4.90 Å². The summed E-state index contributed by atoms with van der Waals surface area (Å²) in [7, 11) is -3.01. The smallest absolute Gasteiger partial charge is 0.260 e. The predicted octanol–water partition coefficient (Wildman–Crippen LogP) is 2.22. The van der Waals surface area contributed by atoms with E-state index in [1.165, 1.54) is 11.8 Å². The van der Waals surface area contributed by atoms with Crippen LogP contribution in [0.4, 0.5) is 0 Å². The highest BCUT2D eigenvalue weighted by Crippen LogP contribution is 2.20. The maximum atomic E-state index is 12.2. The van der Waals surface area contributed by atoms with Gasteiger partial charge in [-0.25, -0.2) is 8.42 Å². The Labute approximate surface area is 138 Å². The molecule has 1 aromatic carbocycles. The topological polar surface area (TPSA) is 63.7 Å². The van der Waals surface area contributed by atoms with Gasteiger partial charge in [0.25, 0.3) is 5.91 Å². The molecule has 1 amide bonds. The number of benzene rings is 1. The lowest BCUT2D eigenvalue weighted by molar-refractivity contribution is -0.134. The molecule has 5 nitrogen and oxygen atoms in total. The van der Waals surface area contributed by atoms with Gasteiger partial charge >= 0.3 is 0 Å². The minimum absolute atomic E-state index is 0.00936. The molecule has 0 atom stereocenters. The second-order valence-electron chi connectivity index (χ2n) is 6.42. The lowest BCUT2D eigenvalue weighted by Crippen LogP contribution is -2.44. The summed E-state index contributed by atoms with van der Waals surface area (Å²) in [5.74, 6) is 1.04. The molecule has 1 heterocycles. The Balaban J connectivity index is 1.81. The Bertz CT molecular complexity index is 629. The molecule has 23 heavy (non-hydrogen) atoms. The highest BCUT2D eigenvalue weighted by atomic mass is 32.2. The Morgan fingerprint density at radius 3 is 2.26 bits per heavy atom. The summed E-state index contributed by atoms with van der Waals surface area (Å²) in [4.78, 5) is 13.8. The van der Waals surface area contributed by atoms with Gasteiger partial charge < -0.3 is 9.64 Å². The summed E-state index contributed by atoms with van der Waals surface area (Å²) in [5.41, 5.74) is 1.23. The highest BCUT2D eigenvalue weighted by Gasteiger charge is 2.28. The number of hydrogen-bond donors (Lipinski definition) is 0. The van der Waals surface area contributed by atoms with Crippen molar-refractivity contribution in [2.75, 3.05) is 26.0 Å². The van der Waals surface area contributed by atoms with E-state index in [2.05, 4.69) is 13.8 Å². The molecule has 0 saturated carbocycles. The van der Waals surface area contributed by atoms with Gasteiger partial charge in [-0.15, -0.1) is 0 Å². The summed E-state index contributed by atoms with van der Waals surface area (Å²) in [6.45, 7) is 5.20. The Morgan fingerprint density at radius 2 is 1.78 bits per heavy atom. The maximum Gasteiger partial charge on any atom is 0.260 e. The van der Waals surface area contributed by atoms with Gasteiger partial charge in [-0.1, -0.05) is 26.0 Å². The van der Waals surface area contributed by atoms with Crippen LogP contribution in [0.1, 0.15) is 38.2 Å². The van der Waals surface area contributed by atoms with Crippen LogP contribution in [0.15, 0.2) is 24.3 Å². The summed E-state index contributed by atoms with van der Waals surface area (Å²) in [6.07, 6.45) is 2.28. The van der Waals surface area contributed by atoms with Gasteiger partial charge in [0.15, 0.2) is 6.61 Å². The number of sulfone groups is 1. The monoisotopic (exact) mass is 339 g/mol. The van der Waals surface area contributed by atoms with Gasteiger partial charge in [-0.2, -0.15) is 0 Å². The number of nitrogens with zero attached hydrogens (tertiary/aromatic N) is 1. The lowest BCUT2D eigenvalue weighted by Gasteiger charge is -2.31. The lowest BCUT2D eigenvalue weighted by atomic mass is 10.0. The van der Waals surface area contributed by atoms with Crippen LogP contribution < -0.4 is 4.74 Å². The van der Waals surface area contributed by atoms with Gasteiger partial charge in [0.05, 0.1) is 5.25 Å². The van der Waals surface area contributed by atoms with Crippen LogP contribution in [-0.2, 0) is 14.6 Å². The van der Waals surface area contributed by atoms with Gasteiger partial charge in [0.2, 0.25) is 0 Å². The molecule has 128 valence electrons. The first kappa shape index (κ1) is 17.8. The van der Waals surface area contributed by atoms with Crippen molar-refractivity contribution >= 4 is 15.7 Å². The number of rotatable bonds is 5. The molecule has 0 bridgehead atoms. The molecular weight excluding hydrogens is 314 g/mol. The van der Waals surface area contributed by atoms with E-state index in [1.807, 2.05) is 24.3 Å². The van der Waals surface area contributed by atoms with E-state index in [-0.39, 0.29) is 17.8 Å². The van der Waals surface area contributed by atoms with Crippen molar-refractivity contribution in [3.8, 4) is 5.75 Å². The van der Waals surface area contributed by atoms with E-state index in [4.69, 9.17) is 4.74 Å². The van der Waals surface area contributed by atoms with Crippen LogP contribution in [0, 0.1) is 0 Å². The molecule has 0 aliphatic carbocycles. The molecule has 0 aromatic heterocycles. The van der Waals surface area contributed by atoms with E-state index >= 15 is 0 Å². The summed E-state index contributed by atoms with van der Waals surface area (Å²) in [6, 6.07) is 7.75. The van der Waals surface area contributed by atoms with Crippen molar-refractivity contribution < 1.29 is 17.9 Å². The zero-order valence-corrected chi connectivity index (χ0v) is 14.8. The third-order valence-electron chi connectivity index (χ3n) is 4.31. The largest absolute Gasteiger partial charge is 0.484 e. The first-order chi connectivity index (χ1) is 10.8. The van der Waals surface area contributed by atoms with Crippen molar-refractivity contribution in [2.24, 2.45) is 0 Å². The van der Waals surface area contributed by atoms with E-state index in [1.54, 1.807) is 4.90 Å². The number of piperidine rings is 1. The third-order valence-corrected chi connectivity index (χ3v) is 5.99. The van der Waals surface area contributed by atoms with Crippen LogP contribution in [0.3, 0.4) is 0 Å². The molecule has 1 saturated heterocycles. The quantitative estimate of drug-likeness (QED) is 0.825. The molecule has 1 aromatic rings. The third kappa shape index (κ3) is 4.96. The van der Waals surface area contributed by atoms with Crippen molar-refractivity contribution in [3.05, 3.63) is 29.8 Å². The molecule has 0 unspecified atom stereocenters. The molecular formula is C17H25NO4S. The van der Waals surface area contributed by atoms with Gasteiger partial charge in [-0.3, -0.25) is 4.79 Å². The maximum absolute atomic E-state index is 12.2. The second kappa shape index (κ2) is 7.34. The standard InChI is InChI=1S/C17H25NO4S/c1-13(2)14-4-6-15(7-5-14)22-12-17(19)18-10-8-16(9-11-18)23(3,20)21/h4-7,13,16H,8-12H2,1-3H3. The van der Waals surface area contributed by atoms with Gasteiger partial charge in [0, 0.05) is 19.3 Å². The fraction of sp³-hybridized carbons (Fsp3) is 0.588. The van der Waals surface area contributed by atoms with Crippen LogP contribution in [0.5, 0.6) is 5.75 Å². The van der Waals surface area contributed by atoms with E-state index in [0.29, 0.717) is 37.6 Å². The summed E-state index contributed by atoms with van der Waals surface area (Å²) < 4.78 is 28.6. The van der Waals surface area contributed by atoms with E-state index in [0.717, 1.165) is 0 Å². The predicted molar refractivity (Wildman–Crippen MR) is 90.5 cm³/mol. The molecule has 0 N–H and O–H groups in total. The molecule has 0 radical (unpaired) electrons. The van der Waals surface area contributed by atoms with Gasteiger partial charge in [-0.05, 0) is 36.5 Å². The van der Waals surface area contributed by atoms with Crippen molar-refractivity contribution in [2.45, 2.75) is 37.9 Å². The van der Waals surface area contributed by atoms with E-state index < -0.39 is 9.84 Å². The van der Waals surface area contributed by atoms with Crippen LogP contribution in [0.2, 0.25) is 0 Å². The fourth-order valence-electron chi connectivity index (χ4n) is 2.72. The second-order valence-corrected chi connectivity index (χ2v) is 8.75. The minimum Gasteiger partial charge on any atom is -0.484 e. The van der Waals surface area contributed by atoms with Crippen LogP contribution >= 0.6 is 0 Å². The average molecular weight is 339 g/mol. The normalized spacial score (nSPS) is 16.6. The number of likely N-dealkylation sites (tertiary alicyclic amines) is 1. The molecule has 1 aliphatic rings. The Morgan fingerprint density at radius 1 is 1.22 bits per heavy atom. The average Bonchev–Trinajstić information content (AvgIpc) is 2.52. The molecule has 6 heteroatoms. The minimum atomic E-state index is -3.01. The van der Waals surface area contributed by atoms with Crippen molar-refractivity contribution in [3.63, 3.8) is 0 Å².